The van der Waals surface area contributed by atoms with Crippen LogP contribution in [0.2, 0.25) is 0 Å². The Balaban J connectivity index is 1.23. The number of nitrogens with one attached hydrogen (secondary N) is 2. The van der Waals surface area contributed by atoms with Crippen molar-refractivity contribution in [3.63, 3.8) is 0 Å². The van der Waals surface area contributed by atoms with Gasteiger partial charge in [0.25, 0.3) is 0 Å². The summed E-state index contributed by atoms with van der Waals surface area (Å²) in [4.78, 5) is 24.6. The van der Waals surface area contributed by atoms with Gasteiger partial charge in [-0.15, -0.1) is 11.3 Å². The molecule has 1 aliphatic heterocycles. The van der Waals surface area contributed by atoms with Gasteiger partial charge in [0, 0.05) is 42.5 Å². The van der Waals surface area contributed by atoms with Crippen LogP contribution in [0.1, 0.15) is 5.56 Å². The van der Waals surface area contributed by atoms with E-state index in [-0.39, 0.29) is 5.78 Å². The van der Waals surface area contributed by atoms with Crippen molar-refractivity contribution >= 4 is 38.8 Å². The fraction of sp³-hybridized carbons (Fsp3) is 0.214. The number of thiophene rings is 1. The molecule has 2 N–H and O–H groups in total. The van der Waals surface area contributed by atoms with Crippen LogP contribution in [0.5, 0.6) is 0 Å². The van der Waals surface area contributed by atoms with Crippen LogP contribution in [-0.4, -0.2) is 63.7 Å². The standard InChI is InChI=1S/C28H26N6O2S/c35-24(18-34-9-11-36-12-10-34)15-19-2-1-3-21(14-19)27-32-25-8-13-37-26(25)28(33-27)31-23-6-4-20(5-7-23)22-16-29-30-17-22/h1-8,13-14,16-17H,9-12,15,18H2,(H,29,30)(H,31,32,33). The third kappa shape index (κ3) is 5.43. The van der Waals surface area contributed by atoms with Crippen molar-refractivity contribution in [3.05, 3.63) is 77.9 Å². The highest BCUT2D eigenvalue weighted by Gasteiger charge is 2.16. The van der Waals surface area contributed by atoms with E-state index in [1.54, 1.807) is 17.5 Å². The van der Waals surface area contributed by atoms with Gasteiger partial charge in [-0.25, -0.2) is 9.97 Å². The molecule has 0 amide bonds. The molecule has 9 heteroatoms. The first-order valence-electron chi connectivity index (χ1n) is 12.2. The monoisotopic (exact) mass is 510 g/mol. The Bertz CT molecular complexity index is 1510. The third-order valence-corrected chi connectivity index (χ3v) is 7.28. The van der Waals surface area contributed by atoms with E-state index in [4.69, 9.17) is 14.7 Å². The Morgan fingerprint density at radius 1 is 1.03 bits per heavy atom. The lowest BCUT2D eigenvalue weighted by Crippen LogP contribution is -2.39. The number of fused-ring (bicyclic) bond motifs is 1. The van der Waals surface area contributed by atoms with Crippen LogP contribution in [0.15, 0.2) is 72.4 Å². The number of benzene rings is 2. The number of hydrogen-bond donors (Lipinski definition) is 2. The van der Waals surface area contributed by atoms with Gasteiger partial charge in [-0.2, -0.15) is 5.10 Å². The predicted molar refractivity (Wildman–Crippen MR) is 146 cm³/mol. The molecule has 3 aromatic heterocycles. The molecule has 6 rings (SSSR count). The summed E-state index contributed by atoms with van der Waals surface area (Å²) < 4.78 is 6.38. The number of H-pyrrole nitrogens is 1. The normalized spacial score (nSPS) is 14.2. The van der Waals surface area contributed by atoms with Crippen molar-refractivity contribution in [1.29, 1.82) is 0 Å². The maximum absolute atomic E-state index is 12.7. The third-order valence-electron chi connectivity index (χ3n) is 6.37. The van der Waals surface area contributed by atoms with Crippen LogP contribution in [0.4, 0.5) is 11.5 Å². The van der Waals surface area contributed by atoms with Crippen LogP contribution in [0, 0.1) is 0 Å². The summed E-state index contributed by atoms with van der Waals surface area (Å²) in [5.41, 5.74) is 5.82. The molecule has 0 radical (unpaired) electrons. The molecule has 0 saturated carbocycles. The first kappa shape index (κ1) is 23.5. The summed E-state index contributed by atoms with van der Waals surface area (Å²) in [6, 6.07) is 18.2. The van der Waals surface area contributed by atoms with Crippen LogP contribution >= 0.6 is 11.3 Å². The van der Waals surface area contributed by atoms with E-state index in [1.165, 1.54) is 0 Å². The number of rotatable bonds is 8. The Kier molecular flexibility index (Phi) is 6.72. The average Bonchev–Trinajstić information content (AvgIpc) is 3.63. The number of ketones is 1. The molecule has 1 fully saturated rings. The van der Waals surface area contributed by atoms with Crippen molar-refractivity contribution in [3.8, 4) is 22.5 Å². The number of ether oxygens (including phenoxy) is 1. The van der Waals surface area contributed by atoms with Crippen LogP contribution in [-0.2, 0) is 16.0 Å². The lowest BCUT2D eigenvalue weighted by atomic mass is 10.0. The fourth-order valence-electron chi connectivity index (χ4n) is 4.48. The topological polar surface area (TPSA) is 96.0 Å². The zero-order chi connectivity index (χ0) is 25.0. The summed E-state index contributed by atoms with van der Waals surface area (Å²) >= 11 is 1.61. The predicted octanol–water partition coefficient (Wildman–Crippen LogP) is 4.94. The van der Waals surface area contributed by atoms with Crippen LogP contribution in [0.3, 0.4) is 0 Å². The van der Waals surface area contributed by atoms with Gasteiger partial charge in [0.1, 0.15) is 0 Å². The van der Waals surface area contributed by atoms with E-state index in [0.717, 1.165) is 57.1 Å². The van der Waals surface area contributed by atoms with Gasteiger partial charge in [0.15, 0.2) is 17.4 Å². The Morgan fingerprint density at radius 2 is 1.89 bits per heavy atom. The molecule has 1 aliphatic rings. The molecule has 1 saturated heterocycles. The summed E-state index contributed by atoms with van der Waals surface area (Å²) in [6.45, 7) is 3.45. The molecular weight excluding hydrogens is 484 g/mol. The molecule has 186 valence electrons. The van der Waals surface area contributed by atoms with E-state index in [9.17, 15) is 4.79 Å². The van der Waals surface area contributed by atoms with Crippen LogP contribution in [0.25, 0.3) is 32.7 Å². The molecule has 0 unspecified atom stereocenters. The molecule has 0 spiro atoms. The zero-order valence-corrected chi connectivity index (χ0v) is 21.0. The lowest BCUT2D eigenvalue weighted by molar-refractivity contribution is -0.120. The highest BCUT2D eigenvalue weighted by Crippen LogP contribution is 2.32. The number of aromatic amines is 1. The SMILES string of the molecule is O=C(Cc1cccc(-c2nc(Nc3ccc(-c4cn[nH]c4)cc3)c3sccc3n2)c1)CN1CCOCC1. The second-order valence-electron chi connectivity index (χ2n) is 9.02. The average molecular weight is 511 g/mol. The number of Topliss-reactive ketones (excluding diaryl/α,β-unsaturated/α-hetero) is 1. The molecular formula is C28H26N6O2S. The van der Waals surface area contributed by atoms with Crippen molar-refractivity contribution < 1.29 is 9.53 Å². The van der Waals surface area contributed by atoms with Crippen molar-refractivity contribution in [1.82, 2.24) is 25.1 Å². The Labute approximate surface area is 218 Å². The van der Waals surface area contributed by atoms with Crippen LogP contribution < -0.4 is 5.32 Å². The number of morpholine rings is 1. The minimum Gasteiger partial charge on any atom is -0.379 e. The van der Waals surface area contributed by atoms with E-state index in [1.807, 2.05) is 54.0 Å². The molecule has 0 atom stereocenters. The first-order valence-corrected chi connectivity index (χ1v) is 13.1. The number of carbonyl (C=O) groups excluding carboxylic acids is 1. The van der Waals surface area contributed by atoms with E-state index in [2.05, 4.69) is 32.5 Å². The van der Waals surface area contributed by atoms with Gasteiger partial charge in [0.05, 0.1) is 36.2 Å². The van der Waals surface area contributed by atoms with Crippen molar-refractivity contribution in [2.45, 2.75) is 6.42 Å². The maximum atomic E-state index is 12.7. The number of carbonyl (C=O) groups is 1. The highest BCUT2D eigenvalue weighted by molar-refractivity contribution is 7.17. The fourth-order valence-corrected chi connectivity index (χ4v) is 5.26. The minimum atomic E-state index is 0.203. The van der Waals surface area contributed by atoms with E-state index < -0.39 is 0 Å². The first-order chi connectivity index (χ1) is 18.2. The minimum absolute atomic E-state index is 0.203. The second kappa shape index (κ2) is 10.6. The molecule has 2 aromatic carbocycles. The smallest absolute Gasteiger partial charge is 0.162 e. The Hall–Kier alpha value is -3.92. The quantitative estimate of drug-likeness (QED) is 0.305. The number of anilines is 2. The van der Waals surface area contributed by atoms with Gasteiger partial charge in [-0.1, -0.05) is 30.3 Å². The summed E-state index contributed by atoms with van der Waals surface area (Å²) in [5, 5.41) is 12.4. The van der Waals surface area contributed by atoms with E-state index >= 15 is 0 Å². The molecule has 0 aliphatic carbocycles. The molecule has 5 aromatic rings. The molecule has 0 bridgehead atoms. The van der Waals surface area contributed by atoms with Gasteiger partial charge in [-0.3, -0.25) is 14.8 Å². The Morgan fingerprint density at radius 3 is 2.70 bits per heavy atom. The second-order valence-corrected chi connectivity index (χ2v) is 9.94. The molecule has 37 heavy (non-hydrogen) atoms. The summed E-state index contributed by atoms with van der Waals surface area (Å²) in [7, 11) is 0. The number of aromatic nitrogens is 4. The molecule has 4 heterocycles. The van der Waals surface area contributed by atoms with E-state index in [0.29, 0.717) is 32.0 Å². The van der Waals surface area contributed by atoms with Crippen molar-refractivity contribution in [2.24, 2.45) is 0 Å². The van der Waals surface area contributed by atoms with Crippen molar-refractivity contribution in [2.75, 3.05) is 38.2 Å². The maximum Gasteiger partial charge on any atom is 0.162 e. The van der Waals surface area contributed by atoms with Gasteiger partial charge < -0.3 is 10.1 Å². The largest absolute Gasteiger partial charge is 0.379 e. The zero-order valence-electron chi connectivity index (χ0n) is 20.2. The summed E-state index contributed by atoms with van der Waals surface area (Å²) in [5.74, 6) is 1.60. The van der Waals surface area contributed by atoms with Gasteiger partial charge in [-0.05, 0) is 40.8 Å². The van der Waals surface area contributed by atoms with Gasteiger partial charge >= 0.3 is 0 Å². The number of hydrogen-bond acceptors (Lipinski definition) is 8. The lowest BCUT2D eigenvalue weighted by Gasteiger charge is -2.25. The highest BCUT2D eigenvalue weighted by atomic mass is 32.1. The summed E-state index contributed by atoms with van der Waals surface area (Å²) in [6.07, 6.45) is 4.07. The molecule has 8 nitrogen and oxygen atoms in total. The van der Waals surface area contributed by atoms with Gasteiger partial charge in [0.2, 0.25) is 0 Å². The number of nitrogens with zero attached hydrogens (tertiary/aromatic N) is 4.